The fraction of sp³-hybridized carbons (Fsp3) is 0.538. The molecule has 2 saturated carbocycles. The zero-order valence-electron chi connectivity index (χ0n) is 50.5. The molecule has 3 fully saturated rings. The molecule has 0 unspecified atom stereocenters. The Balaban J connectivity index is 1.53. The van der Waals surface area contributed by atoms with E-state index in [-0.39, 0.29) is 40.8 Å². The number of rotatable bonds is 22. The molecule has 11 atom stereocenters. The van der Waals surface area contributed by atoms with Gasteiger partial charge in [0.05, 0.1) is 35.6 Å². The molecular weight excluding hydrogens is 1070 g/mol. The number of benzene rings is 3. The summed E-state index contributed by atoms with van der Waals surface area (Å²) >= 11 is 0. The van der Waals surface area contributed by atoms with Crippen molar-refractivity contribution in [2.75, 3.05) is 6.61 Å². The molecule has 15 nitrogen and oxygen atoms in total. The predicted octanol–water partition coefficient (Wildman–Crippen LogP) is 11.8. The molecular formula is C65H87NO14Si2. The second kappa shape index (κ2) is 24.8. The number of fused-ring (bicyclic) bond motifs is 5. The zero-order chi connectivity index (χ0) is 60.5. The number of ether oxygens (including phenoxy) is 5. The molecule has 82 heavy (non-hydrogen) atoms. The number of Topliss-reactive ketones (excluding diaryl/α,β-unsaturated/α-hetero) is 1. The van der Waals surface area contributed by atoms with Crippen LogP contribution < -0.4 is 5.32 Å². The Labute approximate surface area is 487 Å². The first kappa shape index (κ1) is 63.7. The van der Waals surface area contributed by atoms with Crippen molar-refractivity contribution < 1.29 is 66.4 Å². The van der Waals surface area contributed by atoms with Gasteiger partial charge >= 0.3 is 23.9 Å². The Morgan fingerprint density at radius 3 is 1.91 bits per heavy atom. The molecule has 2 bridgehead atoms. The van der Waals surface area contributed by atoms with Crippen molar-refractivity contribution in [1.29, 1.82) is 0 Å². The number of carbonyl (C=O) groups is 6. The molecule has 0 radical (unpaired) electrons. The van der Waals surface area contributed by atoms with Crippen molar-refractivity contribution in [3.8, 4) is 0 Å². The minimum absolute atomic E-state index is 0.0527. The highest BCUT2D eigenvalue weighted by Crippen LogP contribution is 2.65. The molecule has 7 rings (SSSR count). The van der Waals surface area contributed by atoms with Crippen LogP contribution in [0.4, 0.5) is 0 Å². The van der Waals surface area contributed by atoms with Gasteiger partial charge in [-0.3, -0.25) is 14.4 Å². The van der Waals surface area contributed by atoms with Gasteiger partial charge in [-0.2, -0.15) is 0 Å². The highest BCUT2D eigenvalue weighted by molar-refractivity contribution is 6.77. The highest BCUT2D eigenvalue weighted by atomic mass is 28.4. The van der Waals surface area contributed by atoms with Crippen molar-refractivity contribution in [3.63, 3.8) is 0 Å². The first-order valence-corrected chi connectivity index (χ1v) is 33.8. The van der Waals surface area contributed by atoms with Gasteiger partial charge in [0.2, 0.25) is 8.32 Å². The van der Waals surface area contributed by atoms with E-state index in [2.05, 4.69) is 80.8 Å². The van der Waals surface area contributed by atoms with Gasteiger partial charge in [-0.05, 0) is 101 Å². The van der Waals surface area contributed by atoms with Gasteiger partial charge < -0.3 is 43.0 Å². The number of amides is 1. The Hall–Kier alpha value is -5.83. The van der Waals surface area contributed by atoms with Crippen molar-refractivity contribution in [1.82, 2.24) is 5.32 Å². The zero-order valence-corrected chi connectivity index (χ0v) is 52.5. The van der Waals surface area contributed by atoms with Crippen molar-refractivity contribution in [2.45, 2.75) is 198 Å². The number of nitrogens with one attached hydrogen (secondary N) is 1. The third-order valence-corrected chi connectivity index (χ3v) is 30.0. The summed E-state index contributed by atoms with van der Waals surface area (Å²) in [6, 6.07) is 25.0. The maximum absolute atomic E-state index is 16.8. The second-order valence-corrected chi connectivity index (χ2v) is 34.7. The first-order valence-electron chi connectivity index (χ1n) is 29.2. The van der Waals surface area contributed by atoms with Crippen LogP contribution in [0.25, 0.3) is 6.08 Å². The van der Waals surface area contributed by atoms with Gasteiger partial charge in [-0.25, -0.2) is 14.4 Å². The Morgan fingerprint density at radius 1 is 0.817 bits per heavy atom. The van der Waals surface area contributed by atoms with Gasteiger partial charge in [0.25, 0.3) is 5.91 Å². The van der Waals surface area contributed by atoms with E-state index in [4.69, 9.17) is 32.5 Å². The lowest BCUT2D eigenvalue weighted by Crippen LogP contribution is -2.82. The lowest BCUT2D eigenvalue weighted by Gasteiger charge is -2.68. The molecule has 1 amide bonds. The summed E-state index contributed by atoms with van der Waals surface area (Å²) in [4.78, 5) is 90.3. The summed E-state index contributed by atoms with van der Waals surface area (Å²) in [5.41, 5.74) is -5.79. The van der Waals surface area contributed by atoms with Crippen LogP contribution in [0.3, 0.4) is 0 Å². The SMILES string of the molecule is C=CC(=O)O[C@@]12CO[C@@H]1C[C@H](O[Si](CC)(CC)CC)[C@@]1(C)C(=O)[C@H](OC(C)=O)C3=C(C)[C@@H](OC(=O)[C@H](O[Si](C(C)C)(C(C)C)C(C)C)[C@@H](NC(=O)c4ccccc4)c4cccc(C=C)c4)C[C@@](O)([C@@H](OC(=O)c4ccccc4)[C@H]21)C3(C)C. The number of aliphatic hydroxyl groups is 1. The average Bonchev–Trinajstić information content (AvgIpc) is 1.10. The Bertz CT molecular complexity index is 2890. The third-order valence-electron chi connectivity index (χ3n) is 19.3. The molecule has 3 aromatic rings. The first-order chi connectivity index (χ1) is 38.6. The van der Waals surface area contributed by atoms with Crippen molar-refractivity contribution in [2.24, 2.45) is 16.7 Å². The molecule has 2 N–H and O–H groups in total. The van der Waals surface area contributed by atoms with Crippen LogP contribution in [0.2, 0.25) is 34.8 Å². The van der Waals surface area contributed by atoms with E-state index in [0.717, 1.165) is 6.08 Å². The van der Waals surface area contributed by atoms with Crippen LogP contribution in [-0.4, -0.2) is 112 Å². The molecule has 3 aromatic carbocycles. The van der Waals surface area contributed by atoms with Gasteiger partial charge in [0, 0.05) is 36.8 Å². The minimum Gasteiger partial charge on any atom is -0.456 e. The fourth-order valence-corrected chi connectivity index (χ4v) is 23.0. The van der Waals surface area contributed by atoms with E-state index in [1.807, 2.05) is 12.1 Å². The topological polar surface area (TPSA) is 199 Å². The number of hydrogen-bond acceptors (Lipinski definition) is 14. The smallest absolute Gasteiger partial charge is 0.338 e. The van der Waals surface area contributed by atoms with E-state index >= 15 is 14.4 Å². The Kier molecular flexibility index (Phi) is 19.3. The lowest BCUT2D eigenvalue weighted by atomic mass is 9.44. The van der Waals surface area contributed by atoms with Crippen LogP contribution >= 0.6 is 0 Å². The molecule has 1 heterocycles. The summed E-state index contributed by atoms with van der Waals surface area (Å²) in [5.74, 6) is -6.06. The normalized spacial score (nSPS) is 27.6. The van der Waals surface area contributed by atoms with Crippen LogP contribution in [0.5, 0.6) is 0 Å². The number of carbonyl (C=O) groups excluding carboxylic acids is 6. The summed E-state index contributed by atoms with van der Waals surface area (Å²) in [6.45, 7) is 34.0. The summed E-state index contributed by atoms with van der Waals surface area (Å²) < 4.78 is 47.9. The van der Waals surface area contributed by atoms with E-state index in [0.29, 0.717) is 40.4 Å². The fourth-order valence-electron chi connectivity index (χ4n) is 14.5. The predicted molar refractivity (Wildman–Crippen MR) is 318 cm³/mol. The molecule has 1 saturated heterocycles. The van der Waals surface area contributed by atoms with Crippen LogP contribution in [0.1, 0.15) is 148 Å². The van der Waals surface area contributed by atoms with Gasteiger partial charge in [-0.1, -0.05) is 150 Å². The largest absolute Gasteiger partial charge is 0.456 e. The molecule has 444 valence electrons. The summed E-state index contributed by atoms with van der Waals surface area (Å²) in [6.07, 6.45) is -6.23. The molecule has 17 heteroatoms. The third kappa shape index (κ3) is 11.2. The monoisotopic (exact) mass is 1160 g/mol. The quantitative estimate of drug-likeness (QED) is 0.0316. The number of ketones is 1. The maximum atomic E-state index is 16.8. The van der Waals surface area contributed by atoms with E-state index in [9.17, 15) is 19.5 Å². The van der Waals surface area contributed by atoms with Crippen LogP contribution in [-0.2, 0) is 51.7 Å². The molecule has 4 aliphatic rings. The minimum atomic E-state index is -3.12. The number of esters is 4. The molecule has 1 aliphatic heterocycles. The summed E-state index contributed by atoms with van der Waals surface area (Å²) in [7, 11) is -5.81. The average molecular weight is 1160 g/mol. The Morgan fingerprint density at radius 2 is 1.40 bits per heavy atom. The van der Waals surface area contributed by atoms with Crippen molar-refractivity contribution in [3.05, 3.63) is 138 Å². The summed E-state index contributed by atoms with van der Waals surface area (Å²) in [5, 5.41) is 17.8. The second-order valence-electron chi connectivity index (χ2n) is 24.6. The van der Waals surface area contributed by atoms with Gasteiger partial charge in [-0.15, -0.1) is 0 Å². The standard InChI is InChI=1S/C65H87NO14Si2/c1-17-44-29-28-34-47(35-44)53(66-59(70)45-30-24-22-25-31-45)55(80-82(39(6)7,40(8)9)41(10)11)61(72)76-48-37-65(73)58(77-60(71)46-32-26-23-27-33-46)56-63(16,57(69)54(75-43(13)67)52(42(48)12)62(65,14)15)49(79-81(19-3,20-4)21-5)36-50-64(56,38-74-50)78-51(68)18-2/h17-18,22-35,39-41,48-50,53-56,58,73H,1-2,19-21,36-38H2,3-16H3,(H,66,70)/t48-,49-,50+,53-,54+,55+,56-,58-,63+,64-,65+/m0/s1. The van der Waals surface area contributed by atoms with E-state index in [1.165, 1.54) is 6.92 Å². The molecule has 0 aromatic heterocycles. The molecule has 0 spiro atoms. The van der Waals surface area contributed by atoms with Crippen LogP contribution in [0, 0.1) is 16.7 Å². The maximum Gasteiger partial charge on any atom is 0.338 e. The number of hydrogen-bond donors (Lipinski definition) is 2. The van der Waals surface area contributed by atoms with Crippen LogP contribution in [0.15, 0.2) is 115 Å². The lowest BCUT2D eigenvalue weighted by molar-refractivity contribution is -0.344. The highest BCUT2D eigenvalue weighted by Gasteiger charge is 2.79. The van der Waals surface area contributed by atoms with Gasteiger partial charge in [0.15, 0.2) is 31.9 Å². The van der Waals surface area contributed by atoms with E-state index in [1.54, 1.807) is 107 Å². The molecule has 3 aliphatic carbocycles. The van der Waals surface area contributed by atoms with Crippen molar-refractivity contribution >= 4 is 58.3 Å². The van der Waals surface area contributed by atoms with E-state index < -0.39 is 129 Å². The van der Waals surface area contributed by atoms with Gasteiger partial charge in [0.1, 0.15) is 23.9 Å².